The summed E-state index contributed by atoms with van der Waals surface area (Å²) < 4.78 is 0. The molecule has 86 valence electrons. The van der Waals surface area contributed by atoms with Crippen molar-refractivity contribution >= 4 is 5.78 Å². The highest BCUT2D eigenvalue weighted by molar-refractivity contribution is 5.79. The van der Waals surface area contributed by atoms with Crippen molar-refractivity contribution in [3.8, 4) is 0 Å². The van der Waals surface area contributed by atoms with Crippen LogP contribution < -0.4 is 0 Å². The van der Waals surface area contributed by atoms with E-state index in [4.69, 9.17) is 0 Å². The van der Waals surface area contributed by atoms with E-state index in [-0.39, 0.29) is 0 Å². The summed E-state index contributed by atoms with van der Waals surface area (Å²) in [6.07, 6.45) is 1.38. The van der Waals surface area contributed by atoms with Gasteiger partial charge in [-0.3, -0.25) is 14.7 Å². The number of likely N-dealkylation sites (tertiary alicyclic amines) is 1. The maximum absolute atomic E-state index is 11.3. The molecule has 3 nitrogen and oxygen atoms in total. The fraction of sp³-hybridized carbons (Fsp3) is 0.538. The molecule has 0 radical (unpaired) electrons. The van der Waals surface area contributed by atoms with E-state index in [9.17, 15) is 4.79 Å². The number of hydrogen-bond acceptors (Lipinski definition) is 3. The molecule has 16 heavy (non-hydrogen) atoms. The van der Waals surface area contributed by atoms with Crippen LogP contribution in [0.2, 0.25) is 0 Å². The van der Waals surface area contributed by atoms with Crippen molar-refractivity contribution in [2.45, 2.75) is 39.3 Å². The third-order valence-electron chi connectivity index (χ3n) is 3.14. The third-order valence-corrected chi connectivity index (χ3v) is 3.14. The minimum absolute atomic E-state index is 0.351. The van der Waals surface area contributed by atoms with E-state index in [0.29, 0.717) is 24.7 Å². The molecule has 2 heterocycles. The molecule has 1 aromatic heterocycles. The molecule has 1 saturated heterocycles. The van der Waals surface area contributed by atoms with Crippen molar-refractivity contribution in [3.63, 3.8) is 0 Å². The van der Waals surface area contributed by atoms with Crippen LogP contribution in [0.25, 0.3) is 0 Å². The highest BCUT2D eigenvalue weighted by atomic mass is 16.1. The van der Waals surface area contributed by atoms with Crippen LogP contribution in [-0.4, -0.2) is 28.3 Å². The normalized spacial score (nSPS) is 22.4. The molecule has 3 heteroatoms. The first kappa shape index (κ1) is 11.3. The van der Waals surface area contributed by atoms with Gasteiger partial charge >= 0.3 is 0 Å². The first-order valence-electron chi connectivity index (χ1n) is 5.83. The van der Waals surface area contributed by atoms with Gasteiger partial charge in [0.1, 0.15) is 5.78 Å². The zero-order valence-electron chi connectivity index (χ0n) is 9.94. The zero-order chi connectivity index (χ0) is 11.5. The van der Waals surface area contributed by atoms with Crippen LogP contribution in [0.1, 0.15) is 31.2 Å². The molecule has 1 aromatic rings. The molecule has 1 atom stereocenters. The summed E-state index contributed by atoms with van der Waals surface area (Å²) in [4.78, 5) is 18.1. The molecule has 0 amide bonds. The Hall–Kier alpha value is -1.22. The second kappa shape index (κ2) is 4.74. The number of piperidine rings is 1. The molecular weight excluding hydrogens is 200 g/mol. The molecule has 0 aromatic carbocycles. The van der Waals surface area contributed by atoms with Gasteiger partial charge in [0.15, 0.2) is 0 Å². The van der Waals surface area contributed by atoms with Gasteiger partial charge in [-0.25, -0.2) is 0 Å². The van der Waals surface area contributed by atoms with Crippen molar-refractivity contribution in [2.24, 2.45) is 0 Å². The molecule has 0 aliphatic carbocycles. The summed E-state index contributed by atoms with van der Waals surface area (Å²) in [5, 5.41) is 0. The van der Waals surface area contributed by atoms with Crippen molar-refractivity contribution < 1.29 is 4.79 Å². The number of hydrogen-bond donors (Lipinski definition) is 0. The summed E-state index contributed by atoms with van der Waals surface area (Å²) in [5.41, 5.74) is 2.15. The predicted molar refractivity (Wildman–Crippen MR) is 63.1 cm³/mol. The molecule has 0 bridgehead atoms. The minimum atomic E-state index is 0.351. The van der Waals surface area contributed by atoms with Crippen molar-refractivity contribution in [1.82, 2.24) is 9.88 Å². The molecule has 2 rings (SSSR count). The van der Waals surface area contributed by atoms with Crippen LogP contribution in [0.15, 0.2) is 18.2 Å². The minimum Gasteiger partial charge on any atom is -0.300 e. The number of carbonyl (C=O) groups is 1. The summed E-state index contributed by atoms with van der Waals surface area (Å²) in [7, 11) is 0. The number of rotatable bonds is 2. The number of aryl methyl sites for hydroxylation is 1. The first-order chi connectivity index (χ1) is 7.65. The number of aromatic nitrogens is 1. The Morgan fingerprint density at radius 2 is 2.31 bits per heavy atom. The van der Waals surface area contributed by atoms with Crippen LogP contribution in [-0.2, 0) is 11.3 Å². The lowest BCUT2D eigenvalue weighted by Gasteiger charge is -2.32. The lowest BCUT2D eigenvalue weighted by Crippen LogP contribution is -2.40. The predicted octanol–water partition coefficient (Wildman–Crippen LogP) is 1.94. The van der Waals surface area contributed by atoms with E-state index in [1.54, 1.807) is 0 Å². The molecule has 1 unspecified atom stereocenters. The van der Waals surface area contributed by atoms with E-state index in [1.807, 2.05) is 19.1 Å². The van der Waals surface area contributed by atoms with Gasteiger partial charge in [0, 0.05) is 37.7 Å². The molecule has 1 aliphatic rings. The highest BCUT2D eigenvalue weighted by Gasteiger charge is 2.23. The van der Waals surface area contributed by atoms with E-state index in [0.717, 1.165) is 24.5 Å². The smallest absolute Gasteiger partial charge is 0.135 e. The SMILES string of the molecule is Cc1cccc(CN2CCC(=O)CC2C)n1. The maximum atomic E-state index is 11.3. The van der Waals surface area contributed by atoms with E-state index in [1.165, 1.54) is 0 Å². The first-order valence-corrected chi connectivity index (χ1v) is 5.83. The number of ketones is 1. The van der Waals surface area contributed by atoms with Crippen LogP contribution in [0, 0.1) is 6.92 Å². The topological polar surface area (TPSA) is 33.2 Å². The largest absolute Gasteiger partial charge is 0.300 e. The van der Waals surface area contributed by atoms with Gasteiger partial charge in [-0.2, -0.15) is 0 Å². The lowest BCUT2D eigenvalue weighted by molar-refractivity contribution is -0.123. The van der Waals surface area contributed by atoms with Crippen molar-refractivity contribution in [2.75, 3.05) is 6.54 Å². The molecule has 1 fully saturated rings. The standard InChI is InChI=1S/C13H18N2O/c1-10-4-3-5-12(14-10)9-15-7-6-13(16)8-11(15)2/h3-5,11H,6-9H2,1-2H3. The maximum Gasteiger partial charge on any atom is 0.135 e. The average Bonchev–Trinajstić information content (AvgIpc) is 2.22. The van der Waals surface area contributed by atoms with E-state index >= 15 is 0 Å². The highest BCUT2D eigenvalue weighted by Crippen LogP contribution is 2.16. The number of Topliss-reactive ketones (excluding diaryl/α,β-unsaturated/α-hetero) is 1. The summed E-state index contributed by atoms with van der Waals surface area (Å²) in [5.74, 6) is 0.390. The van der Waals surface area contributed by atoms with E-state index < -0.39 is 0 Å². The Morgan fingerprint density at radius 3 is 3.00 bits per heavy atom. The second-order valence-corrected chi connectivity index (χ2v) is 4.58. The van der Waals surface area contributed by atoms with E-state index in [2.05, 4.69) is 22.9 Å². The Kier molecular flexibility index (Phi) is 3.34. The van der Waals surface area contributed by atoms with Crippen LogP contribution in [0.3, 0.4) is 0 Å². The Bertz CT molecular complexity index is 389. The van der Waals surface area contributed by atoms with Gasteiger partial charge in [-0.15, -0.1) is 0 Å². The van der Waals surface area contributed by atoms with Crippen molar-refractivity contribution in [1.29, 1.82) is 0 Å². The molecular formula is C13H18N2O. The van der Waals surface area contributed by atoms with Crippen LogP contribution >= 0.6 is 0 Å². The summed E-state index contributed by atoms with van der Waals surface area (Å²) in [6.45, 7) is 5.85. The Balaban J connectivity index is 2.02. The van der Waals surface area contributed by atoms with Crippen LogP contribution in [0.5, 0.6) is 0 Å². The molecule has 0 N–H and O–H groups in total. The average molecular weight is 218 g/mol. The lowest BCUT2D eigenvalue weighted by atomic mass is 10.0. The van der Waals surface area contributed by atoms with Gasteiger partial charge in [0.25, 0.3) is 0 Å². The van der Waals surface area contributed by atoms with Gasteiger partial charge in [-0.1, -0.05) is 6.07 Å². The summed E-state index contributed by atoms with van der Waals surface area (Å²) in [6, 6.07) is 6.45. The van der Waals surface area contributed by atoms with Gasteiger partial charge in [-0.05, 0) is 26.0 Å². The van der Waals surface area contributed by atoms with Gasteiger partial charge < -0.3 is 0 Å². The molecule has 0 saturated carbocycles. The quantitative estimate of drug-likeness (QED) is 0.760. The fourth-order valence-corrected chi connectivity index (χ4v) is 2.18. The fourth-order valence-electron chi connectivity index (χ4n) is 2.18. The third kappa shape index (κ3) is 2.67. The van der Waals surface area contributed by atoms with Gasteiger partial charge in [0.2, 0.25) is 0 Å². The number of pyridine rings is 1. The zero-order valence-corrected chi connectivity index (χ0v) is 9.94. The second-order valence-electron chi connectivity index (χ2n) is 4.58. The number of carbonyl (C=O) groups excluding carboxylic acids is 1. The summed E-state index contributed by atoms with van der Waals surface area (Å²) >= 11 is 0. The van der Waals surface area contributed by atoms with Crippen molar-refractivity contribution in [3.05, 3.63) is 29.6 Å². The monoisotopic (exact) mass is 218 g/mol. The number of nitrogens with zero attached hydrogens (tertiary/aromatic N) is 2. The Morgan fingerprint density at radius 1 is 1.50 bits per heavy atom. The molecule has 0 spiro atoms. The Labute approximate surface area is 96.5 Å². The van der Waals surface area contributed by atoms with Gasteiger partial charge in [0.05, 0.1) is 5.69 Å². The molecule has 1 aliphatic heterocycles. The van der Waals surface area contributed by atoms with Crippen LogP contribution in [0.4, 0.5) is 0 Å².